The highest BCUT2D eigenvalue weighted by atomic mass is 32.2. The van der Waals surface area contributed by atoms with E-state index in [0.29, 0.717) is 5.52 Å². The van der Waals surface area contributed by atoms with Gasteiger partial charge in [0.25, 0.3) is 0 Å². The van der Waals surface area contributed by atoms with Crippen LogP contribution in [0, 0.1) is 5.82 Å². The third-order valence-corrected chi connectivity index (χ3v) is 4.82. The third kappa shape index (κ3) is 3.83. The zero-order chi connectivity index (χ0) is 18.9. The topological polar surface area (TPSA) is 103 Å². The van der Waals surface area contributed by atoms with Gasteiger partial charge in [-0.2, -0.15) is 0 Å². The molecule has 0 radical (unpaired) electrons. The van der Waals surface area contributed by atoms with Gasteiger partial charge in [-0.1, -0.05) is 0 Å². The summed E-state index contributed by atoms with van der Waals surface area (Å²) < 4.78 is 35.8. The number of pyridine rings is 1. The molecule has 0 bridgehead atoms. The largest absolute Gasteiger partial charge is 0.465 e. The lowest BCUT2D eigenvalue weighted by Crippen LogP contribution is -2.34. The highest BCUT2D eigenvalue weighted by Gasteiger charge is 2.18. The van der Waals surface area contributed by atoms with E-state index < -0.39 is 15.9 Å². The second-order valence-corrected chi connectivity index (χ2v) is 8.12. The number of aromatic nitrogens is 2. The molecule has 9 heteroatoms. The molecule has 0 saturated heterocycles. The van der Waals surface area contributed by atoms with Gasteiger partial charge in [0.1, 0.15) is 21.5 Å². The molecule has 1 aromatic carbocycles. The monoisotopic (exact) mass is 377 g/mol. The Morgan fingerprint density at radius 1 is 1.31 bits per heavy atom. The van der Waals surface area contributed by atoms with Crippen molar-refractivity contribution < 1.29 is 22.7 Å². The summed E-state index contributed by atoms with van der Waals surface area (Å²) in [6, 6.07) is 7.59. The molecule has 136 valence electrons. The van der Waals surface area contributed by atoms with Gasteiger partial charge < -0.3 is 10.1 Å². The molecule has 0 saturated carbocycles. The predicted molar refractivity (Wildman–Crippen MR) is 96.6 cm³/mol. The van der Waals surface area contributed by atoms with Gasteiger partial charge in [0, 0.05) is 47.2 Å². The summed E-state index contributed by atoms with van der Waals surface area (Å²) in [4.78, 5) is 19.4. The van der Waals surface area contributed by atoms with Crippen LogP contribution in [0.15, 0.2) is 42.7 Å². The van der Waals surface area contributed by atoms with Crippen LogP contribution in [0.2, 0.25) is 0 Å². The van der Waals surface area contributed by atoms with Crippen molar-refractivity contribution in [3.05, 3.63) is 48.5 Å². The molecule has 1 amide bonds. The number of benzene rings is 1. The average Bonchev–Trinajstić information content (AvgIpc) is 2.97. The van der Waals surface area contributed by atoms with Gasteiger partial charge in [0.05, 0.1) is 5.75 Å². The second kappa shape index (κ2) is 6.75. The Balaban J connectivity index is 1.90. The Morgan fingerprint density at radius 2 is 2.08 bits per heavy atom. The van der Waals surface area contributed by atoms with Crippen molar-refractivity contribution >= 4 is 32.7 Å². The van der Waals surface area contributed by atoms with Crippen LogP contribution >= 0.6 is 0 Å². The minimum atomic E-state index is -3.30. The smallest absolute Gasteiger partial charge is 0.413 e. The van der Waals surface area contributed by atoms with Crippen molar-refractivity contribution in [2.75, 3.05) is 23.5 Å². The maximum atomic E-state index is 13.3. The Morgan fingerprint density at radius 3 is 2.69 bits per heavy atom. The minimum absolute atomic E-state index is 0.135. The van der Waals surface area contributed by atoms with Crippen LogP contribution in [-0.2, 0) is 9.84 Å². The quantitative estimate of drug-likeness (QED) is 0.712. The molecular formula is C17H16FN3O4S. The van der Waals surface area contributed by atoms with Gasteiger partial charge in [-0.25, -0.2) is 22.6 Å². The summed E-state index contributed by atoms with van der Waals surface area (Å²) in [5, 5.41) is 10.1. The van der Waals surface area contributed by atoms with Gasteiger partial charge in [-0.3, -0.25) is 4.90 Å². The number of fused-ring (bicyclic) bond motifs is 1. The number of carboxylic acid groups (broad SMARTS) is 1. The molecule has 0 aliphatic rings. The summed E-state index contributed by atoms with van der Waals surface area (Å²) in [6.45, 7) is -0.202. The summed E-state index contributed by atoms with van der Waals surface area (Å²) in [5.41, 5.74) is 2.17. The molecule has 0 aliphatic carbocycles. The van der Waals surface area contributed by atoms with Crippen LogP contribution in [0.25, 0.3) is 22.0 Å². The normalized spacial score (nSPS) is 11.6. The first-order valence-electron chi connectivity index (χ1n) is 7.66. The summed E-state index contributed by atoms with van der Waals surface area (Å²) in [7, 11) is -3.30. The number of nitrogens with one attached hydrogen (secondary N) is 1. The predicted octanol–water partition coefficient (Wildman–Crippen LogP) is 2.90. The van der Waals surface area contributed by atoms with E-state index in [1.807, 2.05) is 0 Å². The molecule has 3 rings (SSSR count). The number of anilines is 1. The van der Waals surface area contributed by atoms with Crippen molar-refractivity contribution in [2.45, 2.75) is 0 Å². The summed E-state index contributed by atoms with van der Waals surface area (Å²) >= 11 is 0. The van der Waals surface area contributed by atoms with E-state index in [4.69, 9.17) is 0 Å². The summed E-state index contributed by atoms with van der Waals surface area (Å²) in [6.07, 6.45) is 2.98. The number of amides is 1. The second-order valence-electron chi connectivity index (χ2n) is 5.86. The number of sulfone groups is 1. The van der Waals surface area contributed by atoms with Crippen LogP contribution in [-0.4, -0.2) is 48.1 Å². The molecule has 2 aromatic heterocycles. The van der Waals surface area contributed by atoms with Gasteiger partial charge in [-0.15, -0.1) is 0 Å². The number of nitrogens with zero attached hydrogens (tertiary/aromatic N) is 2. The van der Waals surface area contributed by atoms with Gasteiger partial charge in [-0.05, 0) is 30.3 Å². The standard InChI is InChI=1S/C17H16FN3O4S/c1-26(24,25)7-6-21(17(22)23)16-5-2-11(9-20-16)14-10-19-15-8-12(18)3-4-13(14)15/h2-5,8-10,19H,6-7H2,1H3,(H,22,23). The molecule has 0 spiro atoms. The van der Waals surface area contributed by atoms with E-state index in [1.165, 1.54) is 24.4 Å². The Hall–Kier alpha value is -2.94. The van der Waals surface area contributed by atoms with E-state index in [1.54, 1.807) is 18.3 Å². The Bertz CT molecular complexity index is 1060. The maximum absolute atomic E-state index is 13.3. The molecular weight excluding hydrogens is 361 g/mol. The first-order valence-corrected chi connectivity index (χ1v) is 9.72. The number of hydrogen-bond acceptors (Lipinski definition) is 4. The molecule has 0 atom stereocenters. The zero-order valence-electron chi connectivity index (χ0n) is 13.8. The fourth-order valence-corrected chi connectivity index (χ4v) is 3.12. The number of halogens is 1. The first kappa shape index (κ1) is 17.9. The van der Waals surface area contributed by atoms with Crippen LogP contribution < -0.4 is 4.90 Å². The van der Waals surface area contributed by atoms with E-state index in [9.17, 15) is 22.7 Å². The number of H-pyrrole nitrogens is 1. The Labute approximate surface area is 149 Å². The fourth-order valence-electron chi connectivity index (χ4n) is 2.61. The van der Waals surface area contributed by atoms with Crippen molar-refractivity contribution in [3.63, 3.8) is 0 Å². The van der Waals surface area contributed by atoms with E-state index in [0.717, 1.165) is 27.7 Å². The van der Waals surface area contributed by atoms with Crippen molar-refractivity contribution in [2.24, 2.45) is 0 Å². The molecule has 3 aromatic rings. The van der Waals surface area contributed by atoms with E-state index in [-0.39, 0.29) is 23.9 Å². The maximum Gasteiger partial charge on any atom is 0.413 e. The van der Waals surface area contributed by atoms with Crippen LogP contribution in [0.1, 0.15) is 0 Å². The van der Waals surface area contributed by atoms with Crippen LogP contribution in [0.5, 0.6) is 0 Å². The lowest BCUT2D eigenvalue weighted by molar-refractivity contribution is 0.202. The lowest BCUT2D eigenvalue weighted by Gasteiger charge is -2.17. The molecule has 0 fully saturated rings. The number of hydrogen-bond donors (Lipinski definition) is 2. The molecule has 26 heavy (non-hydrogen) atoms. The lowest BCUT2D eigenvalue weighted by atomic mass is 10.1. The van der Waals surface area contributed by atoms with Gasteiger partial charge in [0.15, 0.2) is 0 Å². The molecule has 0 aliphatic heterocycles. The van der Waals surface area contributed by atoms with Crippen molar-refractivity contribution in [1.82, 2.24) is 9.97 Å². The summed E-state index contributed by atoms with van der Waals surface area (Å²) in [5.74, 6) is -0.505. The third-order valence-electron chi connectivity index (χ3n) is 3.90. The number of aromatic amines is 1. The highest BCUT2D eigenvalue weighted by molar-refractivity contribution is 7.90. The van der Waals surface area contributed by atoms with E-state index in [2.05, 4.69) is 9.97 Å². The number of carbonyl (C=O) groups is 1. The molecule has 2 N–H and O–H groups in total. The average molecular weight is 377 g/mol. The molecule has 0 unspecified atom stereocenters. The minimum Gasteiger partial charge on any atom is -0.465 e. The highest BCUT2D eigenvalue weighted by Crippen LogP contribution is 2.29. The molecule has 7 nitrogen and oxygen atoms in total. The first-order chi connectivity index (χ1) is 12.2. The van der Waals surface area contributed by atoms with Crippen molar-refractivity contribution in [3.8, 4) is 11.1 Å². The van der Waals surface area contributed by atoms with Crippen LogP contribution in [0.4, 0.5) is 15.0 Å². The Kier molecular flexibility index (Phi) is 4.64. The van der Waals surface area contributed by atoms with Gasteiger partial charge >= 0.3 is 6.09 Å². The van der Waals surface area contributed by atoms with Crippen LogP contribution in [0.3, 0.4) is 0 Å². The molecule has 2 heterocycles. The number of rotatable bonds is 5. The van der Waals surface area contributed by atoms with E-state index >= 15 is 0 Å². The van der Waals surface area contributed by atoms with Crippen molar-refractivity contribution in [1.29, 1.82) is 0 Å². The zero-order valence-corrected chi connectivity index (χ0v) is 14.6. The fraction of sp³-hybridized carbons (Fsp3) is 0.176. The van der Waals surface area contributed by atoms with Gasteiger partial charge in [0.2, 0.25) is 0 Å². The SMILES string of the molecule is CS(=O)(=O)CCN(C(=O)O)c1ccc(-c2c[nH]c3cc(F)ccc23)cn1.